The van der Waals surface area contributed by atoms with Crippen LogP contribution in [0.4, 0.5) is 0 Å². The summed E-state index contributed by atoms with van der Waals surface area (Å²) in [6.07, 6.45) is 2.41. The second kappa shape index (κ2) is 6.99. The highest BCUT2D eigenvalue weighted by Crippen LogP contribution is 2.11. The van der Waals surface area contributed by atoms with E-state index < -0.39 is 0 Å². The third kappa shape index (κ3) is 4.78. The van der Waals surface area contributed by atoms with Gasteiger partial charge in [0, 0.05) is 6.54 Å². The van der Waals surface area contributed by atoms with E-state index in [2.05, 4.69) is 35.7 Å². The minimum absolute atomic E-state index is 0.690. The zero-order valence-corrected chi connectivity index (χ0v) is 10.6. The monoisotopic (exact) mass is 226 g/mol. The Morgan fingerprint density at radius 1 is 1.53 bits per heavy atom. The van der Waals surface area contributed by atoms with Crippen LogP contribution in [0, 0.1) is 5.92 Å². The summed E-state index contributed by atoms with van der Waals surface area (Å²) in [4.78, 5) is 2.38. The highest BCUT2D eigenvalue weighted by molar-refractivity contribution is 7.07. The highest BCUT2D eigenvalue weighted by atomic mass is 32.1. The third-order valence-electron chi connectivity index (χ3n) is 2.86. The fourth-order valence-electron chi connectivity index (χ4n) is 1.66. The van der Waals surface area contributed by atoms with Crippen LogP contribution in [0.3, 0.4) is 0 Å². The minimum atomic E-state index is 0.690. The molecule has 0 fully saturated rings. The van der Waals surface area contributed by atoms with Crippen molar-refractivity contribution in [3.05, 3.63) is 22.4 Å². The Labute approximate surface area is 97.1 Å². The molecule has 0 amide bonds. The largest absolute Gasteiger partial charge is 0.330 e. The maximum absolute atomic E-state index is 5.69. The molecule has 1 heterocycles. The number of nitrogens with two attached hydrogens (primary N) is 1. The fraction of sp³-hybridized carbons (Fsp3) is 0.667. The van der Waals surface area contributed by atoms with Gasteiger partial charge in [-0.15, -0.1) is 0 Å². The maximum Gasteiger partial charge on any atom is 0.0238 e. The van der Waals surface area contributed by atoms with Crippen molar-refractivity contribution in [2.45, 2.75) is 26.3 Å². The Balaban J connectivity index is 2.21. The molecule has 0 aliphatic rings. The zero-order valence-electron chi connectivity index (χ0n) is 9.78. The first-order chi connectivity index (χ1) is 7.26. The van der Waals surface area contributed by atoms with E-state index in [-0.39, 0.29) is 0 Å². The van der Waals surface area contributed by atoms with E-state index in [0.717, 1.165) is 19.6 Å². The fourth-order valence-corrected chi connectivity index (χ4v) is 2.32. The van der Waals surface area contributed by atoms with Gasteiger partial charge in [0.25, 0.3) is 0 Å². The molecule has 3 heteroatoms. The van der Waals surface area contributed by atoms with Gasteiger partial charge in [-0.25, -0.2) is 0 Å². The minimum Gasteiger partial charge on any atom is -0.330 e. The molecule has 0 radical (unpaired) electrons. The van der Waals surface area contributed by atoms with Crippen molar-refractivity contribution in [2.75, 3.05) is 20.1 Å². The molecule has 0 aliphatic carbocycles. The first-order valence-electron chi connectivity index (χ1n) is 5.66. The van der Waals surface area contributed by atoms with E-state index in [0.29, 0.717) is 5.92 Å². The molecule has 0 saturated carbocycles. The molecular formula is C12H22N2S. The van der Waals surface area contributed by atoms with E-state index >= 15 is 0 Å². The van der Waals surface area contributed by atoms with Crippen molar-refractivity contribution in [1.29, 1.82) is 0 Å². The number of nitrogens with zero attached hydrogens (tertiary/aromatic N) is 1. The summed E-state index contributed by atoms with van der Waals surface area (Å²) >= 11 is 1.77. The average Bonchev–Trinajstić information content (AvgIpc) is 2.72. The molecule has 2 nitrogen and oxygen atoms in total. The van der Waals surface area contributed by atoms with Gasteiger partial charge in [0.15, 0.2) is 0 Å². The van der Waals surface area contributed by atoms with E-state index in [1.165, 1.54) is 18.4 Å². The first kappa shape index (κ1) is 12.7. The summed E-state index contributed by atoms with van der Waals surface area (Å²) in [6, 6.07) is 2.20. The Kier molecular flexibility index (Phi) is 5.91. The van der Waals surface area contributed by atoms with Gasteiger partial charge < -0.3 is 10.6 Å². The van der Waals surface area contributed by atoms with Crippen LogP contribution in [-0.4, -0.2) is 25.0 Å². The van der Waals surface area contributed by atoms with Crippen LogP contribution in [0.25, 0.3) is 0 Å². The SMILES string of the molecule is CCC(CN)CCN(C)Cc1ccsc1. The van der Waals surface area contributed by atoms with Gasteiger partial charge in [-0.05, 0) is 54.9 Å². The molecule has 1 atom stereocenters. The summed E-state index contributed by atoms with van der Waals surface area (Å²) in [5, 5.41) is 4.36. The molecule has 15 heavy (non-hydrogen) atoms. The lowest BCUT2D eigenvalue weighted by molar-refractivity contribution is 0.292. The van der Waals surface area contributed by atoms with Crippen LogP contribution in [-0.2, 0) is 6.54 Å². The Morgan fingerprint density at radius 3 is 2.87 bits per heavy atom. The van der Waals surface area contributed by atoms with E-state index in [1.54, 1.807) is 11.3 Å². The molecule has 1 unspecified atom stereocenters. The van der Waals surface area contributed by atoms with Gasteiger partial charge in [-0.1, -0.05) is 13.3 Å². The molecular weight excluding hydrogens is 204 g/mol. The smallest absolute Gasteiger partial charge is 0.0238 e. The second-order valence-corrected chi connectivity index (χ2v) is 4.95. The second-order valence-electron chi connectivity index (χ2n) is 4.17. The Bertz CT molecular complexity index is 242. The van der Waals surface area contributed by atoms with Crippen LogP contribution >= 0.6 is 11.3 Å². The summed E-state index contributed by atoms with van der Waals surface area (Å²) in [5.41, 5.74) is 7.11. The molecule has 0 bridgehead atoms. The van der Waals surface area contributed by atoms with E-state index in [9.17, 15) is 0 Å². The molecule has 1 aromatic heterocycles. The molecule has 86 valence electrons. The third-order valence-corrected chi connectivity index (χ3v) is 3.59. The van der Waals surface area contributed by atoms with Crippen molar-refractivity contribution in [1.82, 2.24) is 4.90 Å². The van der Waals surface area contributed by atoms with Gasteiger partial charge in [0.05, 0.1) is 0 Å². The zero-order chi connectivity index (χ0) is 11.1. The number of rotatable bonds is 7. The summed E-state index contributed by atoms with van der Waals surface area (Å²) in [6.45, 7) is 5.25. The molecule has 0 spiro atoms. The number of hydrogen-bond donors (Lipinski definition) is 1. The molecule has 0 aromatic carbocycles. The van der Waals surface area contributed by atoms with Gasteiger partial charge in [-0.2, -0.15) is 11.3 Å². The van der Waals surface area contributed by atoms with Gasteiger partial charge in [0.1, 0.15) is 0 Å². The van der Waals surface area contributed by atoms with Crippen LogP contribution in [0.5, 0.6) is 0 Å². The lowest BCUT2D eigenvalue weighted by atomic mass is 10.0. The maximum atomic E-state index is 5.69. The van der Waals surface area contributed by atoms with Crippen LogP contribution in [0.15, 0.2) is 16.8 Å². The van der Waals surface area contributed by atoms with Crippen molar-refractivity contribution in [2.24, 2.45) is 11.7 Å². The van der Waals surface area contributed by atoms with E-state index in [1.807, 2.05) is 0 Å². The molecule has 1 aromatic rings. The van der Waals surface area contributed by atoms with Gasteiger partial charge >= 0.3 is 0 Å². The number of thiophene rings is 1. The van der Waals surface area contributed by atoms with Crippen molar-refractivity contribution >= 4 is 11.3 Å². The summed E-state index contributed by atoms with van der Waals surface area (Å²) in [5.74, 6) is 0.690. The standard InChI is InChI=1S/C12H22N2S/c1-3-11(8-13)4-6-14(2)9-12-5-7-15-10-12/h5,7,10-11H,3-4,6,8-9,13H2,1-2H3. The quantitative estimate of drug-likeness (QED) is 0.774. The summed E-state index contributed by atoms with van der Waals surface area (Å²) in [7, 11) is 2.18. The topological polar surface area (TPSA) is 29.3 Å². The van der Waals surface area contributed by atoms with Crippen molar-refractivity contribution < 1.29 is 0 Å². The predicted octanol–water partition coefficient (Wildman–Crippen LogP) is 2.55. The van der Waals surface area contributed by atoms with Crippen molar-refractivity contribution in [3.8, 4) is 0 Å². The lowest BCUT2D eigenvalue weighted by Gasteiger charge is -2.19. The first-order valence-corrected chi connectivity index (χ1v) is 6.60. The molecule has 2 N–H and O–H groups in total. The van der Waals surface area contributed by atoms with Crippen LogP contribution in [0.2, 0.25) is 0 Å². The average molecular weight is 226 g/mol. The molecule has 0 saturated heterocycles. The van der Waals surface area contributed by atoms with Gasteiger partial charge in [-0.3, -0.25) is 0 Å². The van der Waals surface area contributed by atoms with Crippen molar-refractivity contribution in [3.63, 3.8) is 0 Å². The lowest BCUT2D eigenvalue weighted by Crippen LogP contribution is -2.23. The Hall–Kier alpha value is -0.380. The van der Waals surface area contributed by atoms with E-state index in [4.69, 9.17) is 5.73 Å². The molecule has 0 aliphatic heterocycles. The predicted molar refractivity (Wildman–Crippen MR) is 68.1 cm³/mol. The Morgan fingerprint density at radius 2 is 2.33 bits per heavy atom. The van der Waals surface area contributed by atoms with Crippen LogP contribution < -0.4 is 5.73 Å². The van der Waals surface area contributed by atoms with Crippen LogP contribution in [0.1, 0.15) is 25.3 Å². The highest BCUT2D eigenvalue weighted by Gasteiger charge is 2.06. The summed E-state index contributed by atoms with van der Waals surface area (Å²) < 4.78 is 0. The molecule has 1 rings (SSSR count). The number of hydrogen-bond acceptors (Lipinski definition) is 3. The normalized spacial score (nSPS) is 13.3. The van der Waals surface area contributed by atoms with Gasteiger partial charge in [0.2, 0.25) is 0 Å².